The molecule has 2 aromatic rings. The number of nitro benzene ring substituents is 1. The summed E-state index contributed by atoms with van der Waals surface area (Å²) < 4.78 is 6.41. The van der Waals surface area contributed by atoms with Crippen LogP contribution in [0, 0.1) is 13.7 Å². The van der Waals surface area contributed by atoms with Crippen LogP contribution in [0.25, 0.3) is 0 Å². The standard InChI is InChI=1S/C14H10INO4/c15-11-2-1-3-13(8-11)20-9-14(17)10-4-6-12(7-5-10)16(18)19/h1-8H,9H2. The van der Waals surface area contributed by atoms with E-state index < -0.39 is 4.92 Å². The summed E-state index contributed by atoms with van der Waals surface area (Å²) in [5.74, 6) is 0.394. The Balaban J connectivity index is 1.99. The summed E-state index contributed by atoms with van der Waals surface area (Å²) in [5, 5.41) is 10.5. The van der Waals surface area contributed by atoms with Crippen LogP contribution >= 0.6 is 22.6 Å². The molecule has 20 heavy (non-hydrogen) atoms. The number of hydrogen-bond acceptors (Lipinski definition) is 4. The molecule has 0 N–H and O–H groups in total. The molecule has 0 radical (unpaired) electrons. The minimum atomic E-state index is -0.503. The molecule has 0 atom stereocenters. The van der Waals surface area contributed by atoms with Gasteiger partial charge in [0.1, 0.15) is 5.75 Å². The maximum Gasteiger partial charge on any atom is 0.269 e. The van der Waals surface area contributed by atoms with Crippen LogP contribution in [0.4, 0.5) is 5.69 Å². The molecule has 0 unspecified atom stereocenters. The van der Waals surface area contributed by atoms with Crippen LogP contribution in [0.3, 0.4) is 0 Å². The lowest BCUT2D eigenvalue weighted by atomic mass is 10.1. The Morgan fingerprint density at radius 3 is 2.50 bits per heavy atom. The lowest BCUT2D eigenvalue weighted by Crippen LogP contribution is -2.11. The quantitative estimate of drug-likeness (QED) is 0.343. The predicted octanol–water partition coefficient (Wildman–Crippen LogP) is 3.46. The SMILES string of the molecule is O=C(COc1cccc(I)c1)c1ccc([N+](=O)[O-])cc1. The van der Waals surface area contributed by atoms with E-state index >= 15 is 0 Å². The summed E-state index contributed by atoms with van der Waals surface area (Å²) >= 11 is 2.15. The van der Waals surface area contributed by atoms with Gasteiger partial charge in [-0.2, -0.15) is 0 Å². The predicted molar refractivity (Wildman–Crippen MR) is 82.1 cm³/mol. The molecule has 0 bridgehead atoms. The molecule has 0 fully saturated rings. The van der Waals surface area contributed by atoms with Crippen LogP contribution in [0.15, 0.2) is 48.5 Å². The van der Waals surface area contributed by atoms with E-state index in [9.17, 15) is 14.9 Å². The first-order valence-electron chi connectivity index (χ1n) is 5.72. The number of carbonyl (C=O) groups is 1. The molecular formula is C14H10INO4. The Hall–Kier alpha value is -1.96. The number of nitro groups is 1. The number of benzene rings is 2. The van der Waals surface area contributed by atoms with Crippen LogP contribution in [0.5, 0.6) is 5.75 Å². The summed E-state index contributed by atoms with van der Waals surface area (Å²) in [5.41, 5.74) is 0.348. The van der Waals surface area contributed by atoms with Crippen molar-refractivity contribution in [3.8, 4) is 5.75 Å². The third kappa shape index (κ3) is 3.77. The number of Topliss-reactive ketones (excluding diaryl/α,β-unsaturated/α-hetero) is 1. The van der Waals surface area contributed by atoms with Gasteiger partial charge in [-0.15, -0.1) is 0 Å². The fourth-order valence-electron chi connectivity index (χ4n) is 1.56. The van der Waals surface area contributed by atoms with E-state index in [1.165, 1.54) is 24.3 Å². The molecule has 2 aromatic carbocycles. The van der Waals surface area contributed by atoms with E-state index in [-0.39, 0.29) is 18.1 Å². The molecule has 0 amide bonds. The molecule has 0 aliphatic carbocycles. The van der Waals surface area contributed by atoms with Crippen molar-refractivity contribution < 1.29 is 14.5 Å². The number of ether oxygens (including phenoxy) is 1. The van der Waals surface area contributed by atoms with Gasteiger partial charge in [-0.3, -0.25) is 14.9 Å². The van der Waals surface area contributed by atoms with E-state index in [0.717, 1.165) is 3.57 Å². The van der Waals surface area contributed by atoms with Gasteiger partial charge in [-0.25, -0.2) is 0 Å². The largest absolute Gasteiger partial charge is 0.485 e. The first kappa shape index (κ1) is 14.4. The van der Waals surface area contributed by atoms with Gasteiger partial charge < -0.3 is 4.74 Å². The fraction of sp³-hybridized carbons (Fsp3) is 0.0714. The van der Waals surface area contributed by atoms with Crippen molar-refractivity contribution in [2.45, 2.75) is 0 Å². The molecule has 2 rings (SSSR count). The zero-order valence-corrected chi connectivity index (χ0v) is 12.4. The molecule has 0 saturated heterocycles. The van der Waals surface area contributed by atoms with Gasteiger partial charge in [0.2, 0.25) is 0 Å². The van der Waals surface area contributed by atoms with Crippen molar-refractivity contribution in [2.75, 3.05) is 6.61 Å². The second-order valence-electron chi connectivity index (χ2n) is 3.97. The topological polar surface area (TPSA) is 69.4 Å². The lowest BCUT2D eigenvalue weighted by Gasteiger charge is -2.05. The van der Waals surface area contributed by atoms with Gasteiger partial charge in [0, 0.05) is 21.3 Å². The van der Waals surface area contributed by atoms with Crippen LogP contribution in [-0.2, 0) is 0 Å². The third-order valence-electron chi connectivity index (χ3n) is 2.57. The van der Waals surface area contributed by atoms with Crippen molar-refractivity contribution in [3.05, 3.63) is 67.8 Å². The molecular weight excluding hydrogens is 373 g/mol. The summed E-state index contributed by atoms with van der Waals surface area (Å²) in [6.07, 6.45) is 0. The van der Waals surface area contributed by atoms with E-state index in [4.69, 9.17) is 4.74 Å². The Labute approximate surface area is 128 Å². The first-order chi connectivity index (χ1) is 9.56. The fourth-order valence-corrected chi connectivity index (χ4v) is 2.07. The van der Waals surface area contributed by atoms with Crippen LogP contribution < -0.4 is 4.74 Å². The number of carbonyl (C=O) groups excluding carboxylic acids is 1. The average Bonchev–Trinajstić information content (AvgIpc) is 2.45. The molecule has 0 aliphatic rings. The van der Waals surface area contributed by atoms with Gasteiger partial charge in [-0.1, -0.05) is 6.07 Å². The number of non-ortho nitro benzene ring substituents is 1. The van der Waals surface area contributed by atoms with Crippen molar-refractivity contribution in [1.82, 2.24) is 0 Å². The number of ketones is 1. The molecule has 0 saturated carbocycles. The second kappa shape index (κ2) is 6.47. The Kier molecular flexibility index (Phi) is 4.67. The van der Waals surface area contributed by atoms with E-state index in [0.29, 0.717) is 11.3 Å². The van der Waals surface area contributed by atoms with Gasteiger partial charge in [0.15, 0.2) is 12.4 Å². The lowest BCUT2D eigenvalue weighted by molar-refractivity contribution is -0.384. The van der Waals surface area contributed by atoms with Gasteiger partial charge >= 0.3 is 0 Å². The molecule has 0 aromatic heterocycles. The molecule has 0 spiro atoms. The van der Waals surface area contributed by atoms with Crippen molar-refractivity contribution >= 4 is 34.1 Å². The average molecular weight is 383 g/mol. The zero-order chi connectivity index (χ0) is 14.5. The first-order valence-corrected chi connectivity index (χ1v) is 6.80. The van der Waals surface area contributed by atoms with E-state index in [1.807, 2.05) is 18.2 Å². The van der Waals surface area contributed by atoms with Crippen LogP contribution in [0.1, 0.15) is 10.4 Å². The second-order valence-corrected chi connectivity index (χ2v) is 5.22. The van der Waals surface area contributed by atoms with E-state index in [2.05, 4.69) is 22.6 Å². The number of nitrogens with zero attached hydrogens (tertiary/aromatic N) is 1. The number of rotatable bonds is 5. The molecule has 6 heteroatoms. The minimum Gasteiger partial charge on any atom is -0.485 e. The molecule has 102 valence electrons. The third-order valence-corrected chi connectivity index (χ3v) is 3.24. The monoisotopic (exact) mass is 383 g/mol. The Morgan fingerprint density at radius 2 is 1.90 bits per heavy atom. The van der Waals surface area contributed by atoms with Gasteiger partial charge in [0.05, 0.1) is 4.92 Å². The van der Waals surface area contributed by atoms with Gasteiger partial charge in [0.25, 0.3) is 5.69 Å². The number of hydrogen-bond donors (Lipinski definition) is 0. The highest BCUT2D eigenvalue weighted by molar-refractivity contribution is 14.1. The highest BCUT2D eigenvalue weighted by Gasteiger charge is 2.10. The van der Waals surface area contributed by atoms with Gasteiger partial charge in [-0.05, 0) is 52.9 Å². The highest BCUT2D eigenvalue weighted by Crippen LogP contribution is 2.16. The Morgan fingerprint density at radius 1 is 1.20 bits per heavy atom. The van der Waals surface area contributed by atoms with Crippen molar-refractivity contribution in [2.24, 2.45) is 0 Å². The smallest absolute Gasteiger partial charge is 0.269 e. The molecule has 0 heterocycles. The summed E-state index contributed by atoms with van der Waals surface area (Å²) in [4.78, 5) is 21.9. The minimum absolute atomic E-state index is 0.0416. The normalized spacial score (nSPS) is 10.1. The van der Waals surface area contributed by atoms with Crippen LogP contribution in [0.2, 0.25) is 0 Å². The zero-order valence-electron chi connectivity index (χ0n) is 10.3. The summed E-state index contributed by atoms with van der Waals surface area (Å²) in [6, 6.07) is 12.8. The maximum absolute atomic E-state index is 11.9. The van der Waals surface area contributed by atoms with Crippen molar-refractivity contribution in [3.63, 3.8) is 0 Å². The molecule has 5 nitrogen and oxygen atoms in total. The maximum atomic E-state index is 11.9. The Bertz CT molecular complexity index is 640. The highest BCUT2D eigenvalue weighted by atomic mass is 127. The van der Waals surface area contributed by atoms with Crippen molar-refractivity contribution in [1.29, 1.82) is 0 Å². The summed E-state index contributed by atoms with van der Waals surface area (Å²) in [6.45, 7) is -0.0993. The number of halogens is 1. The van der Waals surface area contributed by atoms with Crippen LogP contribution in [-0.4, -0.2) is 17.3 Å². The van der Waals surface area contributed by atoms with E-state index in [1.54, 1.807) is 6.07 Å². The summed E-state index contributed by atoms with van der Waals surface area (Å²) in [7, 11) is 0. The molecule has 0 aliphatic heterocycles.